The molecule has 2 aromatic rings. The van der Waals surface area contributed by atoms with Gasteiger partial charge in [-0.15, -0.1) is 11.3 Å². The molecule has 0 aromatic carbocycles. The number of carbonyl (C=O) groups excluding carboxylic acids is 2. The van der Waals surface area contributed by atoms with Crippen LogP contribution in [0.1, 0.15) is 29.2 Å². The van der Waals surface area contributed by atoms with Gasteiger partial charge in [0.2, 0.25) is 5.91 Å². The summed E-state index contributed by atoms with van der Waals surface area (Å²) in [5.74, 6) is -2.30. The molecule has 2 atom stereocenters. The van der Waals surface area contributed by atoms with Gasteiger partial charge in [-0.2, -0.15) is 5.10 Å². The number of hydrogen-bond acceptors (Lipinski definition) is 5. The Kier molecular flexibility index (Phi) is 5.46. The van der Waals surface area contributed by atoms with Gasteiger partial charge in [0.15, 0.2) is 0 Å². The van der Waals surface area contributed by atoms with E-state index in [-0.39, 0.29) is 18.4 Å². The van der Waals surface area contributed by atoms with E-state index >= 15 is 0 Å². The highest BCUT2D eigenvalue weighted by Gasteiger charge is 2.24. The van der Waals surface area contributed by atoms with Crippen molar-refractivity contribution in [1.82, 2.24) is 20.0 Å². The molecule has 0 aliphatic rings. The number of aliphatic carboxylic acids is 1. The first-order valence-electron chi connectivity index (χ1n) is 7.83. The van der Waals surface area contributed by atoms with Gasteiger partial charge >= 0.3 is 5.97 Å². The van der Waals surface area contributed by atoms with Crippen molar-refractivity contribution in [1.29, 1.82) is 0 Å². The standard InChI is InChI=1S/C16H22N4O4S/c1-8(16(23)24)7-19(4)14(22)10(3)17-13(21)12-6-11-9(2)18-20(5)15(11)25-12/h6,8,10H,7H2,1-5H3,(H,17,21)(H,23,24). The van der Waals surface area contributed by atoms with E-state index in [2.05, 4.69) is 10.4 Å². The van der Waals surface area contributed by atoms with Crippen molar-refractivity contribution in [2.24, 2.45) is 13.0 Å². The Bertz CT molecular complexity index is 791. The van der Waals surface area contributed by atoms with Crippen molar-refractivity contribution in [3.8, 4) is 0 Å². The zero-order valence-corrected chi connectivity index (χ0v) is 15.7. The first-order valence-corrected chi connectivity index (χ1v) is 8.65. The number of carbonyl (C=O) groups is 3. The number of amides is 2. The van der Waals surface area contributed by atoms with Crippen LogP contribution in [0.2, 0.25) is 0 Å². The minimum Gasteiger partial charge on any atom is -0.481 e. The third-order valence-electron chi connectivity index (χ3n) is 3.98. The fourth-order valence-electron chi connectivity index (χ4n) is 2.56. The molecule has 2 amide bonds. The quantitative estimate of drug-likeness (QED) is 0.800. The maximum Gasteiger partial charge on any atom is 0.308 e. The van der Waals surface area contributed by atoms with Crippen LogP contribution in [-0.2, 0) is 16.6 Å². The molecular formula is C16H22N4O4S. The van der Waals surface area contributed by atoms with Gasteiger partial charge in [-0.05, 0) is 19.9 Å². The molecule has 9 heteroatoms. The van der Waals surface area contributed by atoms with Crippen LogP contribution in [0.4, 0.5) is 0 Å². The van der Waals surface area contributed by atoms with E-state index in [0.29, 0.717) is 4.88 Å². The molecule has 0 saturated heterocycles. The molecule has 0 fully saturated rings. The number of thiophene rings is 1. The van der Waals surface area contributed by atoms with E-state index in [1.54, 1.807) is 17.7 Å². The van der Waals surface area contributed by atoms with Gasteiger partial charge in [0, 0.05) is 26.0 Å². The third-order valence-corrected chi connectivity index (χ3v) is 5.18. The lowest BCUT2D eigenvalue weighted by Crippen LogP contribution is -2.47. The maximum atomic E-state index is 12.4. The van der Waals surface area contributed by atoms with Crippen molar-refractivity contribution in [3.63, 3.8) is 0 Å². The second-order valence-electron chi connectivity index (χ2n) is 6.19. The van der Waals surface area contributed by atoms with E-state index < -0.39 is 17.9 Å². The van der Waals surface area contributed by atoms with Crippen molar-refractivity contribution in [3.05, 3.63) is 16.6 Å². The van der Waals surface area contributed by atoms with E-state index in [9.17, 15) is 14.4 Å². The minimum absolute atomic E-state index is 0.0854. The Labute approximate surface area is 149 Å². The van der Waals surface area contributed by atoms with Crippen LogP contribution in [0.5, 0.6) is 0 Å². The number of likely N-dealkylation sites (N-methyl/N-ethyl adjacent to an activating group) is 1. The summed E-state index contributed by atoms with van der Waals surface area (Å²) in [6.45, 7) is 5.08. The van der Waals surface area contributed by atoms with Gasteiger partial charge in [0.05, 0.1) is 16.5 Å². The summed E-state index contributed by atoms with van der Waals surface area (Å²) in [7, 11) is 3.34. The molecule has 2 aromatic heterocycles. The van der Waals surface area contributed by atoms with Gasteiger partial charge in [-0.25, -0.2) is 0 Å². The SMILES string of the molecule is Cc1nn(C)c2sc(C(=O)NC(C)C(=O)N(C)CC(C)C(=O)O)cc12. The lowest BCUT2D eigenvalue weighted by atomic mass is 10.1. The number of aromatic nitrogens is 2. The second-order valence-corrected chi connectivity index (χ2v) is 7.22. The fraction of sp³-hybridized carbons (Fsp3) is 0.500. The Morgan fingerprint density at radius 1 is 1.40 bits per heavy atom. The highest BCUT2D eigenvalue weighted by atomic mass is 32.1. The van der Waals surface area contributed by atoms with Crippen molar-refractivity contribution >= 4 is 39.3 Å². The lowest BCUT2D eigenvalue weighted by molar-refractivity contribution is -0.142. The van der Waals surface area contributed by atoms with Gasteiger partial charge in [-0.1, -0.05) is 6.92 Å². The van der Waals surface area contributed by atoms with E-state index in [1.807, 2.05) is 14.0 Å². The van der Waals surface area contributed by atoms with E-state index in [4.69, 9.17) is 5.11 Å². The van der Waals surface area contributed by atoms with Crippen molar-refractivity contribution in [2.75, 3.05) is 13.6 Å². The van der Waals surface area contributed by atoms with Gasteiger partial charge in [0.25, 0.3) is 5.91 Å². The zero-order valence-electron chi connectivity index (χ0n) is 14.9. The van der Waals surface area contributed by atoms with Gasteiger partial charge in [0.1, 0.15) is 10.9 Å². The lowest BCUT2D eigenvalue weighted by Gasteiger charge is -2.23. The summed E-state index contributed by atoms with van der Waals surface area (Å²) in [4.78, 5) is 38.3. The molecular weight excluding hydrogens is 344 g/mol. The van der Waals surface area contributed by atoms with Crippen molar-refractivity contribution in [2.45, 2.75) is 26.8 Å². The van der Waals surface area contributed by atoms with Crippen LogP contribution in [0.3, 0.4) is 0 Å². The Hall–Kier alpha value is -2.42. The predicted molar refractivity (Wildman–Crippen MR) is 94.7 cm³/mol. The third kappa shape index (κ3) is 3.98. The molecule has 0 radical (unpaired) electrons. The number of nitrogens with one attached hydrogen (secondary N) is 1. The first kappa shape index (κ1) is 18.9. The molecule has 136 valence electrons. The Balaban J connectivity index is 2.04. The van der Waals surface area contributed by atoms with Crippen LogP contribution in [0.25, 0.3) is 10.2 Å². The topological polar surface area (TPSA) is 105 Å². The Morgan fingerprint density at radius 2 is 2.04 bits per heavy atom. The predicted octanol–water partition coefficient (Wildman–Crippen LogP) is 1.24. The molecule has 2 unspecified atom stereocenters. The van der Waals surface area contributed by atoms with Crippen LogP contribution in [-0.4, -0.2) is 57.2 Å². The highest BCUT2D eigenvalue weighted by molar-refractivity contribution is 7.20. The number of fused-ring (bicyclic) bond motifs is 1. The number of rotatable bonds is 6. The smallest absolute Gasteiger partial charge is 0.308 e. The average Bonchev–Trinajstić information content (AvgIpc) is 3.08. The summed E-state index contributed by atoms with van der Waals surface area (Å²) in [6, 6.07) is 1.02. The summed E-state index contributed by atoms with van der Waals surface area (Å²) >= 11 is 1.32. The normalized spacial score (nSPS) is 13.5. The van der Waals surface area contributed by atoms with Crippen LogP contribution in [0, 0.1) is 12.8 Å². The molecule has 8 nitrogen and oxygen atoms in total. The Morgan fingerprint density at radius 3 is 2.60 bits per heavy atom. The van der Waals surface area contributed by atoms with Crippen LogP contribution < -0.4 is 5.32 Å². The average molecular weight is 366 g/mol. The van der Waals surface area contributed by atoms with Gasteiger partial charge in [-0.3, -0.25) is 19.1 Å². The highest BCUT2D eigenvalue weighted by Crippen LogP contribution is 2.27. The number of carboxylic acids is 1. The number of carboxylic acid groups (broad SMARTS) is 1. The first-order chi connectivity index (χ1) is 11.6. The molecule has 0 aliphatic carbocycles. The summed E-state index contributed by atoms with van der Waals surface area (Å²) in [6.07, 6.45) is 0. The number of nitrogens with zero attached hydrogens (tertiary/aromatic N) is 3. The molecule has 2 N–H and O–H groups in total. The van der Waals surface area contributed by atoms with Gasteiger partial charge < -0.3 is 15.3 Å². The van der Waals surface area contributed by atoms with Crippen molar-refractivity contribution < 1.29 is 19.5 Å². The van der Waals surface area contributed by atoms with E-state index in [1.165, 1.54) is 30.2 Å². The largest absolute Gasteiger partial charge is 0.481 e. The second kappa shape index (κ2) is 7.22. The van der Waals surface area contributed by atoms with Crippen LogP contribution >= 0.6 is 11.3 Å². The van der Waals surface area contributed by atoms with Crippen LogP contribution in [0.15, 0.2) is 6.07 Å². The fourth-order valence-corrected chi connectivity index (χ4v) is 3.58. The molecule has 2 rings (SSSR count). The minimum atomic E-state index is -0.967. The monoisotopic (exact) mass is 366 g/mol. The number of aryl methyl sites for hydroxylation is 2. The molecule has 0 bridgehead atoms. The maximum absolute atomic E-state index is 12.4. The van der Waals surface area contributed by atoms with E-state index in [0.717, 1.165) is 15.9 Å². The number of hydrogen-bond donors (Lipinski definition) is 2. The molecule has 25 heavy (non-hydrogen) atoms. The summed E-state index contributed by atoms with van der Waals surface area (Å²) < 4.78 is 1.72. The molecule has 0 saturated carbocycles. The summed E-state index contributed by atoms with van der Waals surface area (Å²) in [5.41, 5.74) is 0.847. The zero-order chi connectivity index (χ0) is 18.9. The molecule has 0 aliphatic heterocycles. The summed E-state index contributed by atoms with van der Waals surface area (Å²) in [5, 5.41) is 16.8. The molecule has 0 spiro atoms. The molecule has 2 heterocycles.